The molecule has 0 radical (unpaired) electrons. The highest BCUT2D eigenvalue weighted by Gasteiger charge is 2.52. The van der Waals surface area contributed by atoms with E-state index in [1.165, 1.54) is 0 Å². The van der Waals surface area contributed by atoms with Gasteiger partial charge in [-0.1, -0.05) is 11.6 Å². The second-order valence-corrected chi connectivity index (χ2v) is 7.69. The van der Waals surface area contributed by atoms with E-state index < -0.39 is 18.3 Å². The predicted molar refractivity (Wildman–Crippen MR) is 93.6 cm³/mol. The molecule has 1 atom stereocenters. The van der Waals surface area contributed by atoms with E-state index >= 15 is 0 Å². The first-order valence-corrected chi connectivity index (χ1v) is 8.54. The van der Waals surface area contributed by atoms with Gasteiger partial charge in [-0.3, -0.25) is 4.79 Å². The second-order valence-electron chi connectivity index (χ2n) is 7.69. The summed E-state index contributed by atoms with van der Waals surface area (Å²) in [6.45, 7) is 11.4. The lowest BCUT2D eigenvalue weighted by atomic mass is 9.75. The van der Waals surface area contributed by atoms with Crippen molar-refractivity contribution < 1.29 is 18.8 Å². The van der Waals surface area contributed by atoms with E-state index in [2.05, 4.69) is 5.32 Å². The molecule has 1 aromatic rings. The molecule has 3 rings (SSSR count). The summed E-state index contributed by atoms with van der Waals surface area (Å²) < 4.78 is 17.6. The Bertz CT molecular complexity index is 622. The number of hydrogen-bond acceptors (Lipinski definition) is 4. The summed E-state index contributed by atoms with van der Waals surface area (Å²) in [7, 11) is -0.461. The van der Waals surface area contributed by atoms with Crippen LogP contribution in [0.4, 0.5) is 0 Å². The first kappa shape index (κ1) is 17.5. The van der Waals surface area contributed by atoms with Crippen LogP contribution in [-0.4, -0.2) is 43.5 Å². The Morgan fingerprint density at radius 2 is 1.88 bits per heavy atom. The van der Waals surface area contributed by atoms with Crippen LogP contribution >= 0.6 is 0 Å². The summed E-state index contributed by atoms with van der Waals surface area (Å²) in [6, 6.07) is 5.76. The van der Waals surface area contributed by atoms with Crippen molar-refractivity contribution >= 4 is 18.5 Å². The number of ether oxygens (including phenoxy) is 1. The maximum Gasteiger partial charge on any atom is 0.495 e. The van der Waals surface area contributed by atoms with Crippen molar-refractivity contribution in [3.63, 3.8) is 0 Å². The van der Waals surface area contributed by atoms with E-state index in [1.807, 2.05) is 52.8 Å². The summed E-state index contributed by atoms with van der Waals surface area (Å²) in [5, 5.41) is 3.02. The van der Waals surface area contributed by atoms with Crippen LogP contribution < -0.4 is 10.8 Å². The van der Waals surface area contributed by atoms with Crippen LogP contribution in [0.25, 0.3) is 0 Å². The molecule has 130 valence electrons. The topological polar surface area (TPSA) is 56.8 Å². The fraction of sp³-hybridized carbons (Fsp3) is 0.611. The Morgan fingerprint density at radius 3 is 2.46 bits per heavy atom. The molecule has 2 aliphatic rings. The van der Waals surface area contributed by atoms with Crippen molar-refractivity contribution in [3.8, 4) is 0 Å². The van der Waals surface area contributed by atoms with Crippen LogP contribution in [0.5, 0.6) is 0 Å². The molecule has 0 bridgehead atoms. The van der Waals surface area contributed by atoms with E-state index in [4.69, 9.17) is 14.0 Å². The third-order valence-corrected chi connectivity index (χ3v) is 5.31. The summed E-state index contributed by atoms with van der Waals surface area (Å²) >= 11 is 0. The highest BCUT2D eigenvalue weighted by molar-refractivity contribution is 6.62. The molecule has 1 aromatic carbocycles. The minimum atomic E-state index is -0.461. The quantitative estimate of drug-likeness (QED) is 0.859. The zero-order valence-corrected chi connectivity index (χ0v) is 15.1. The van der Waals surface area contributed by atoms with Gasteiger partial charge >= 0.3 is 7.12 Å². The Balaban J connectivity index is 1.81. The predicted octanol–water partition coefficient (Wildman–Crippen LogP) is 1.81. The Labute approximate surface area is 144 Å². The average Bonchev–Trinajstić information content (AvgIpc) is 3.05. The number of hydrogen-bond donors (Lipinski definition) is 1. The number of rotatable bonds is 3. The summed E-state index contributed by atoms with van der Waals surface area (Å²) in [5.74, 6) is -0.0803. The lowest BCUT2D eigenvalue weighted by molar-refractivity contribution is 0.00578. The van der Waals surface area contributed by atoms with Gasteiger partial charge in [-0.25, -0.2) is 0 Å². The molecule has 5 nitrogen and oxygen atoms in total. The van der Waals surface area contributed by atoms with Gasteiger partial charge in [-0.2, -0.15) is 0 Å². The van der Waals surface area contributed by atoms with Gasteiger partial charge in [0.15, 0.2) is 0 Å². The fourth-order valence-electron chi connectivity index (χ4n) is 2.92. The minimum absolute atomic E-state index is 0.0803. The molecule has 2 heterocycles. The molecule has 0 aromatic heterocycles. The van der Waals surface area contributed by atoms with Gasteiger partial charge in [0.1, 0.15) is 0 Å². The molecule has 1 amide bonds. The van der Waals surface area contributed by atoms with Gasteiger partial charge < -0.3 is 19.4 Å². The van der Waals surface area contributed by atoms with Crippen LogP contribution in [0.1, 0.15) is 50.0 Å². The molecule has 24 heavy (non-hydrogen) atoms. The smallest absolute Gasteiger partial charge is 0.399 e. The standard InChI is InChI=1S/C18H26BNO4/c1-12-6-7-13(16(21)20-14-8-9-22-11-14)10-15(12)19-23-17(2,3)18(4,5)24-19/h6-7,10,14H,8-9,11H2,1-5H3,(H,20,21). The third-order valence-electron chi connectivity index (χ3n) is 5.31. The molecule has 1 N–H and O–H groups in total. The zero-order chi connectivity index (χ0) is 17.5. The summed E-state index contributed by atoms with van der Waals surface area (Å²) in [4.78, 5) is 12.5. The second kappa shape index (κ2) is 6.17. The maximum atomic E-state index is 12.5. The van der Waals surface area contributed by atoms with E-state index in [-0.39, 0.29) is 11.9 Å². The third kappa shape index (κ3) is 3.23. The number of benzene rings is 1. The zero-order valence-electron chi connectivity index (χ0n) is 15.1. The number of carbonyl (C=O) groups excluding carboxylic acids is 1. The van der Waals surface area contributed by atoms with Gasteiger partial charge in [-0.05, 0) is 58.6 Å². The molecule has 1 unspecified atom stereocenters. The van der Waals surface area contributed by atoms with Crippen LogP contribution in [0, 0.1) is 6.92 Å². The molecule has 6 heteroatoms. The van der Waals surface area contributed by atoms with Gasteiger partial charge in [0, 0.05) is 12.2 Å². The molecule has 2 fully saturated rings. The normalized spacial score (nSPS) is 25.0. The van der Waals surface area contributed by atoms with E-state index in [1.54, 1.807) is 0 Å². The lowest BCUT2D eigenvalue weighted by Gasteiger charge is -2.32. The monoisotopic (exact) mass is 331 g/mol. The average molecular weight is 331 g/mol. The lowest BCUT2D eigenvalue weighted by Crippen LogP contribution is -2.41. The van der Waals surface area contributed by atoms with Crippen LogP contribution in [-0.2, 0) is 14.0 Å². The summed E-state index contributed by atoms with van der Waals surface area (Å²) in [5.41, 5.74) is 1.78. The van der Waals surface area contributed by atoms with Gasteiger partial charge in [-0.15, -0.1) is 0 Å². The van der Waals surface area contributed by atoms with Crippen molar-refractivity contribution in [2.75, 3.05) is 13.2 Å². The molecule has 0 spiro atoms. The largest absolute Gasteiger partial charge is 0.495 e. The highest BCUT2D eigenvalue weighted by Crippen LogP contribution is 2.36. The van der Waals surface area contributed by atoms with Gasteiger partial charge in [0.25, 0.3) is 5.91 Å². The Morgan fingerprint density at radius 1 is 1.21 bits per heavy atom. The molecular formula is C18H26BNO4. The van der Waals surface area contributed by atoms with Crippen molar-refractivity contribution in [1.29, 1.82) is 0 Å². The van der Waals surface area contributed by atoms with E-state index in [0.29, 0.717) is 18.8 Å². The number of aryl methyl sites for hydroxylation is 1. The van der Waals surface area contributed by atoms with Crippen molar-refractivity contribution in [3.05, 3.63) is 29.3 Å². The van der Waals surface area contributed by atoms with Crippen molar-refractivity contribution in [1.82, 2.24) is 5.32 Å². The molecule has 2 saturated heterocycles. The van der Waals surface area contributed by atoms with Crippen LogP contribution in [0.3, 0.4) is 0 Å². The first-order chi connectivity index (χ1) is 11.2. The van der Waals surface area contributed by atoms with Crippen LogP contribution in [0.2, 0.25) is 0 Å². The van der Waals surface area contributed by atoms with Crippen molar-refractivity contribution in [2.24, 2.45) is 0 Å². The highest BCUT2D eigenvalue weighted by atomic mass is 16.7. The maximum absolute atomic E-state index is 12.5. The SMILES string of the molecule is Cc1ccc(C(=O)NC2CCOC2)cc1B1OC(C)(C)C(C)(C)O1. The number of carbonyl (C=O) groups is 1. The van der Waals surface area contributed by atoms with E-state index in [9.17, 15) is 4.79 Å². The first-order valence-electron chi connectivity index (χ1n) is 8.54. The Kier molecular flexibility index (Phi) is 4.49. The van der Waals surface area contributed by atoms with Crippen molar-refractivity contribution in [2.45, 2.75) is 58.3 Å². The van der Waals surface area contributed by atoms with Gasteiger partial charge in [0.05, 0.1) is 23.9 Å². The molecular weight excluding hydrogens is 305 g/mol. The Hall–Kier alpha value is -1.37. The molecule has 0 saturated carbocycles. The van der Waals surface area contributed by atoms with Gasteiger partial charge in [0.2, 0.25) is 0 Å². The number of amides is 1. The van der Waals surface area contributed by atoms with E-state index in [0.717, 1.165) is 17.4 Å². The molecule has 2 aliphatic heterocycles. The summed E-state index contributed by atoms with van der Waals surface area (Å²) in [6.07, 6.45) is 0.863. The fourth-order valence-corrected chi connectivity index (χ4v) is 2.92. The number of nitrogens with one attached hydrogen (secondary N) is 1. The van der Waals surface area contributed by atoms with Crippen LogP contribution in [0.15, 0.2) is 18.2 Å². The minimum Gasteiger partial charge on any atom is -0.399 e. The molecule has 0 aliphatic carbocycles.